The molecule has 1 N–H and O–H groups in total. The predicted octanol–water partition coefficient (Wildman–Crippen LogP) is 1.82. The second-order valence-electron chi connectivity index (χ2n) is 3.91. The molecule has 78 valence electrons. The molecule has 3 heteroatoms. The Hall–Kier alpha value is -1.48. The van der Waals surface area contributed by atoms with Crippen molar-refractivity contribution in [3.8, 4) is 11.5 Å². The van der Waals surface area contributed by atoms with Gasteiger partial charge in [0, 0.05) is 5.92 Å². The summed E-state index contributed by atoms with van der Waals surface area (Å²) < 4.78 is 10.6. The van der Waals surface area contributed by atoms with Crippen LogP contribution in [0.25, 0.3) is 0 Å². The molecule has 1 aromatic carbocycles. The molecule has 1 aromatic rings. The highest BCUT2D eigenvalue weighted by Gasteiger charge is 2.21. The fourth-order valence-electron chi connectivity index (χ4n) is 2.07. The maximum Gasteiger partial charge on any atom is 0.231 e. The number of aliphatic hydroxyl groups excluding tert-OH is 1. The molecular formula is C12H12O3. The molecule has 0 saturated carbocycles. The first-order valence-corrected chi connectivity index (χ1v) is 5.09. The van der Waals surface area contributed by atoms with E-state index in [4.69, 9.17) is 9.47 Å². The SMILES string of the molecule is O[C@H]1C=C[C@H](c2ccc3c(c2)OCO3)C1. The van der Waals surface area contributed by atoms with E-state index in [2.05, 4.69) is 0 Å². The van der Waals surface area contributed by atoms with Gasteiger partial charge < -0.3 is 14.6 Å². The summed E-state index contributed by atoms with van der Waals surface area (Å²) in [5.41, 5.74) is 1.17. The first kappa shape index (κ1) is 8.80. The lowest BCUT2D eigenvalue weighted by molar-refractivity contribution is 0.174. The van der Waals surface area contributed by atoms with E-state index in [0.717, 1.165) is 17.9 Å². The summed E-state index contributed by atoms with van der Waals surface area (Å²) in [5.74, 6) is 1.91. The molecule has 0 fully saturated rings. The Morgan fingerprint density at radius 1 is 1.13 bits per heavy atom. The van der Waals surface area contributed by atoms with Crippen LogP contribution in [0.2, 0.25) is 0 Å². The van der Waals surface area contributed by atoms with Crippen molar-refractivity contribution < 1.29 is 14.6 Å². The number of allylic oxidation sites excluding steroid dienone is 1. The molecule has 0 radical (unpaired) electrons. The fourth-order valence-corrected chi connectivity index (χ4v) is 2.07. The van der Waals surface area contributed by atoms with Gasteiger partial charge in [0.1, 0.15) is 0 Å². The van der Waals surface area contributed by atoms with Gasteiger partial charge in [-0.05, 0) is 24.1 Å². The molecule has 2 aliphatic rings. The Morgan fingerprint density at radius 2 is 2.00 bits per heavy atom. The van der Waals surface area contributed by atoms with Gasteiger partial charge in [0.25, 0.3) is 0 Å². The monoisotopic (exact) mass is 204 g/mol. The molecule has 15 heavy (non-hydrogen) atoms. The van der Waals surface area contributed by atoms with Gasteiger partial charge in [-0.15, -0.1) is 0 Å². The topological polar surface area (TPSA) is 38.7 Å². The number of rotatable bonds is 1. The van der Waals surface area contributed by atoms with Crippen LogP contribution in [0, 0.1) is 0 Å². The van der Waals surface area contributed by atoms with Crippen LogP contribution in [0.3, 0.4) is 0 Å². The first-order valence-electron chi connectivity index (χ1n) is 5.09. The minimum atomic E-state index is -0.305. The highest BCUT2D eigenvalue weighted by molar-refractivity contribution is 5.46. The molecule has 3 rings (SSSR count). The molecule has 2 atom stereocenters. The van der Waals surface area contributed by atoms with Crippen molar-refractivity contribution in [3.05, 3.63) is 35.9 Å². The van der Waals surface area contributed by atoms with Crippen molar-refractivity contribution in [2.45, 2.75) is 18.4 Å². The third-order valence-electron chi connectivity index (χ3n) is 2.89. The van der Waals surface area contributed by atoms with E-state index in [1.165, 1.54) is 5.56 Å². The largest absolute Gasteiger partial charge is 0.454 e. The van der Waals surface area contributed by atoms with Crippen LogP contribution >= 0.6 is 0 Å². The van der Waals surface area contributed by atoms with Crippen LogP contribution in [-0.2, 0) is 0 Å². The van der Waals surface area contributed by atoms with Crippen LogP contribution in [0.15, 0.2) is 30.4 Å². The molecule has 0 unspecified atom stereocenters. The molecule has 1 aliphatic carbocycles. The molecule has 1 heterocycles. The number of fused-ring (bicyclic) bond motifs is 1. The van der Waals surface area contributed by atoms with Crippen molar-refractivity contribution in [1.82, 2.24) is 0 Å². The maximum absolute atomic E-state index is 9.41. The van der Waals surface area contributed by atoms with E-state index < -0.39 is 0 Å². The van der Waals surface area contributed by atoms with E-state index >= 15 is 0 Å². The van der Waals surface area contributed by atoms with Gasteiger partial charge in [0.05, 0.1) is 6.10 Å². The smallest absolute Gasteiger partial charge is 0.231 e. The second-order valence-corrected chi connectivity index (χ2v) is 3.91. The molecular weight excluding hydrogens is 192 g/mol. The van der Waals surface area contributed by atoms with Gasteiger partial charge in [0.15, 0.2) is 11.5 Å². The summed E-state index contributed by atoms with van der Waals surface area (Å²) in [7, 11) is 0. The number of hydrogen-bond donors (Lipinski definition) is 1. The van der Waals surface area contributed by atoms with Crippen LogP contribution < -0.4 is 9.47 Å². The van der Waals surface area contributed by atoms with Crippen LogP contribution in [0.4, 0.5) is 0 Å². The van der Waals surface area contributed by atoms with Crippen LogP contribution in [0.5, 0.6) is 11.5 Å². The summed E-state index contributed by atoms with van der Waals surface area (Å²) in [5, 5.41) is 9.41. The van der Waals surface area contributed by atoms with Crippen LogP contribution in [0.1, 0.15) is 17.9 Å². The summed E-state index contributed by atoms with van der Waals surface area (Å²) in [6.45, 7) is 0.307. The van der Waals surface area contributed by atoms with Gasteiger partial charge in [0.2, 0.25) is 6.79 Å². The summed E-state index contributed by atoms with van der Waals surface area (Å²) in [4.78, 5) is 0. The molecule has 0 bridgehead atoms. The number of benzene rings is 1. The average Bonchev–Trinajstić information content (AvgIpc) is 2.84. The Balaban J connectivity index is 1.90. The molecule has 1 aliphatic heterocycles. The van der Waals surface area contributed by atoms with E-state index in [1.807, 2.05) is 30.4 Å². The fraction of sp³-hybridized carbons (Fsp3) is 0.333. The Kier molecular flexibility index (Phi) is 1.92. The highest BCUT2D eigenvalue weighted by Crippen LogP contribution is 2.37. The van der Waals surface area contributed by atoms with Gasteiger partial charge in [-0.2, -0.15) is 0 Å². The lowest BCUT2D eigenvalue weighted by Gasteiger charge is -2.09. The van der Waals surface area contributed by atoms with Crippen molar-refractivity contribution in [2.24, 2.45) is 0 Å². The zero-order valence-corrected chi connectivity index (χ0v) is 8.22. The van der Waals surface area contributed by atoms with Crippen molar-refractivity contribution >= 4 is 0 Å². The van der Waals surface area contributed by atoms with E-state index in [-0.39, 0.29) is 6.10 Å². The third-order valence-corrected chi connectivity index (χ3v) is 2.89. The molecule has 0 aromatic heterocycles. The standard InChI is InChI=1S/C12H12O3/c13-10-3-1-8(5-10)9-2-4-11-12(6-9)15-7-14-11/h1-4,6,8,10,13H,5,7H2/t8-,10-/m0/s1. The number of ether oxygens (including phenoxy) is 2. The van der Waals surface area contributed by atoms with Gasteiger partial charge >= 0.3 is 0 Å². The Morgan fingerprint density at radius 3 is 2.80 bits per heavy atom. The van der Waals surface area contributed by atoms with Crippen LogP contribution in [-0.4, -0.2) is 18.0 Å². The quantitative estimate of drug-likeness (QED) is 0.709. The zero-order valence-electron chi connectivity index (χ0n) is 8.22. The summed E-state index contributed by atoms with van der Waals surface area (Å²) in [6, 6.07) is 5.95. The molecule has 3 nitrogen and oxygen atoms in total. The zero-order chi connectivity index (χ0) is 10.3. The normalized spacial score (nSPS) is 27.3. The van der Waals surface area contributed by atoms with Crippen molar-refractivity contribution in [1.29, 1.82) is 0 Å². The third kappa shape index (κ3) is 1.49. The van der Waals surface area contributed by atoms with Crippen molar-refractivity contribution in [2.75, 3.05) is 6.79 Å². The summed E-state index contributed by atoms with van der Waals surface area (Å²) in [6.07, 6.45) is 4.34. The summed E-state index contributed by atoms with van der Waals surface area (Å²) >= 11 is 0. The van der Waals surface area contributed by atoms with E-state index in [1.54, 1.807) is 0 Å². The van der Waals surface area contributed by atoms with Gasteiger partial charge in [-0.25, -0.2) is 0 Å². The molecule has 0 saturated heterocycles. The van der Waals surface area contributed by atoms with E-state index in [0.29, 0.717) is 12.7 Å². The Bertz CT molecular complexity index is 411. The molecule has 0 spiro atoms. The second kappa shape index (κ2) is 3.28. The van der Waals surface area contributed by atoms with Gasteiger partial charge in [-0.3, -0.25) is 0 Å². The first-order chi connectivity index (χ1) is 7.33. The lowest BCUT2D eigenvalue weighted by Crippen LogP contribution is -2.00. The minimum Gasteiger partial charge on any atom is -0.454 e. The predicted molar refractivity (Wildman–Crippen MR) is 55.1 cm³/mol. The minimum absolute atomic E-state index is 0.300. The van der Waals surface area contributed by atoms with Crippen molar-refractivity contribution in [3.63, 3.8) is 0 Å². The average molecular weight is 204 g/mol. The maximum atomic E-state index is 9.41. The Labute approximate surface area is 87.9 Å². The number of hydrogen-bond acceptors (Lipinski definition) is 3. The highest BCUT2D eigenvalue weighted by atomic mass is 16.7. The van der Waals surface area contributed by atoms with Gasteiger partial charge in [-0.1, -0.05) is 18.2 Å². The molecule has 0 amide bonds. The number of aliphatic hydroxyl groups is 1. The van der Waals surface area contributed by atoms with E-state index in [9.17, 15) is 5.11 Å². The lowest BCUT2D eigenvalue weighted by atomic mass is 9.98.